The highest BCUT2D eigenvalue weighted by Crippen LogP contribution is 2.39. The number of carboxylic acids is 1. The van der Waals surface area contributed by atoms with Crippen LogP contribution in [0.15, 0.2) is 18.3 Å². The van der Waals surface area contributed by atoms with Crippen LogP contribution >= 0.6 is 0 Å². The van der Waals surface area contributed by atoms with Gasteiger partial charge in [0.15, 0.2) is 0 Å². The Morgan fingerprint density at radius 3 is 2.32 bits per heavy atom. The number of rotatable bonds is 15. The van der Waals surface area contributed by atoms with E-state index >= 15 is 0 Å². The fourth-order valence-electron chi connectivity index (χ4n) is 5.86. The number of pyridine rings is 1. The smallest absolute Gasteiger partial charge is 0.320 e. The molecule has 1 saturated carbocycles. The van der Waals surface area contributed by atoms with Crippen LogP contribution in [-0.2, 0) is 4.79 Å². The Kier molecular flexibility index (Phi) is 11.1. The Balaban J connectivity index is 1.14. The van der Waals surface area contributed by atoms with Gasteiger partial charge in [0.2, 0.25) is 0 Å². The molecule has 190 valence electrons. The zero-order chi connectivity index (χ0) is 24.2. The summed E-state index contributed by atoms with van der Waals surface area (Å²) in [4.78, 5) is 30.1. The first-order valence-electron chi connectivity index (χ1n) is 13.5. The first kappa shape index (κ1) is 26.5. The highest BCUT2D eigenvalue weighted by molar-refractivity contribution is 5.98. The average molecular weight is 473 g/mol. The van der Waals surface area contributed by atoms with E-state index in [9.17, 15) is 14.7 Å². The summed E-state index contributed by atoms with van der Waals surface area (Å²) in [5.41, 5.74) is 6.18. The number of nitrogens with one attached hydrogen (secondary N) is 1. The van der Waals surface area contributed by atoms with E-state index in [4.69, 9.17) is 5.73 Å². The van der Waals surface area contributed by atoms with E-state index in [0.717, 1.165) is 32.2 Å². The minimum Gasteiger partial charge on any atom is -0.480 e. The zero-order valence-electron chi connectivity index (χ0n) is 20.7. The molecule has 0 aromatic carbocycles. The van der Waals surface area contributed by atoms with Crippen LogP contribution in [0.5, 0.6) is 0 Å². The van der Waals surface area contributed by atoms with E-state index in [1.54, 1.807) is 18.3 Å². The number of hydrogen-bond acceptors (Lipinski definition) is 5. The molecule has 1 saturated heterocycles. The molecule has 7 heteroatoms. The van der Waals surface area contributed by atoms with Crippen LogP contribution in [0.25, 0.3) is 0 Å². The molecule has 0 unspecified atom stereocenters. The third-order valence-corrected chi connectivity index (χ3v) is 7.72. The topological polar surface area (TPSA) is 109 Å². The van der Waals surface area contributed by atoms with Gasteiger partial charge in [-0.15, -0.1) is 0 Å². The molecule has 3 atom stereocenters. The van der Waals surface area contributed by atoms with E-state index in [1.807, 2.05) is 0 Å². The summed E-state index contributed by atoms with van der Waals surface area (Å²) < 4.78 is 0. The molecule has 4 N–H and O–H groups in total. The predicted molar refractivity (Wildman–Crippen MR) is 136 cm³/mol. The lowest BCUT2D eigenvalue weighted by molar-refractivity contribution is -0.142. The lowest BCUT2D eigenvalue weighted by atomic mass is 9.85. The second-order valence-electron chi connectivity index (χ2n) is 10.2. The van der Waals surface area contributed by atoms with E-state index in [0.29, 0.717) is 24.1 Å². The number of unbranched alkanes of at least 4 members (excludes halogenated alkanes) is 9. The molecule has 1 aliphatic carbocycles. The fraction of sp³-hybridized carbons (Fsp3) is 0.741. The van der Waals surface area contributed by atoms with Crippen molar-refractivity contribution < 1.29 is 14.7 Å². The molecule has 0 bridgehead atoms. The van der Waals surface area contributed by atoms with Crippen LogP contribution in [0.2, 0.25) is 0 Å². The fourth-order valence-corrected chi connectivity index (χ4v) is 5.86. The van der Waals surface area contributed by atoms with Gasteiger partial charge in [-0.05, 0) is 56.7 Å². The number of carboxylic acid groups (broad SMARTS) is 1. The SMILES string of the molecule is Nc1ncccc1C(=O)NCCCCCCCCCCCCN1[C@H](C(=O)O)C[C@@H]2CCCC[C@@H]21. The van der Waals surface area contributed by atoms with E-state index in [-0.39, 0.29) is 17.8 Å². The summed E-state index contributed by atoms with van der Waals surface area (Å²) >= 11 is 0. The monoisotopic (exact) mass is 472 g/mol. The van der Waals surface area contributed by atoms with Crippen molar-refractivity contribution in [1.82, 2.24) is 15.2 Å². The number of nitrogen functional groups attached to an aromatic ring is 1. The number of carbonyl (C=O) groups is 2. The minimum absolute atomic E-state index is 0.146. The highest BCUT2D eigenvalue weighted by Gasteiger charge is 2.44. The molecule has 0 radical (unpaired) electrons. The second-order valence-corrected chi connectivity index (χ2v) is 10.2. The van der Waals surface area contributed by atoms with Crippen LogP contribution in [-0.4, -0.2) is 52.0 Å². The first-order chi connectivity index (χ1) is 16.6. The van der Waals surface area contributed by atoms with Gasteiger partial charge in [-0.2, -0.15) is 0 Å². The second kappa shape index (κ2) is 14.3. The van der Waals surface area contributed by atoms with E-state index in [1.165, 1.54) is 70.6 Å². The minimum atomic E-state index is -0.616. The summed E-state index contributed by atoms with van der Waals surface area (Å²) in [5.74, 6) is 0.131. The van der Waals surface area contributed by atoms with Gasteiger partial charge in [-0.25, -0.2) is 4.98 Å². The number of carbonyl (C=O) groups excluding carboxylic acids is 1. The van der Waals surface area contributed by atoms with Crippen molar-refractivity contribution >= 4 is 17.7 Å². The molecular weight excluding hydrogens is 428 g/mol. The van der Waals surface area contributed by atoms with Gasteiger partial charge >= 0.3 is 5.97 Å². The van der Waals surface area contributed by atoms with Gasteiger partial charge in [-0.1, -0.05) is 64.2 Å². The number of amides is 1. The largest absolute Gasteiger partial charge is 0.480 e. The molecule has 3 rings (SSSR count). The Morgan fingerprint density at radius 2 is 1.65 bits per heavy atom. The van der Waals surface area contributed by atoms with Crippen molar-refractivity contribution in [3.8, 4) is 0 Å². The molecule has 2 heterocycles. The number of likely N-dealkylation sites (tertiary alicyclic amines) is 1. The Bertz CT molecular complexity index is 772. The van der Waals surface area contributed by atoms with E-state index < -0.39 is 5.97 Å². The van der Waals surface area contributed by atoms with Crippen LogP contribution < -0.4 is 11.1 Å². The van der Waals surface area contributed by atoms with Gasteiger partial charge in [0.25, 0.3) is 5.91 Å². The van der Waals surface area contributed by atoms with Crippen molar-refractivity contribution in [1.29, 1.82) is 0 Å². The van der Waals surface area contributed by atoms with Gasteiger partial charge in [-0.3, -0.25) is 14.5 Å². The molecule has 2 fully saturated rings. The van der Waals surface area contributed by atoms with Crippen molar-refractivity contribution in [2.75, 3.05) is 18.8 Å². The van der Waals surface area contributed by atoms with Crippen molar-refractivity contribution in [2.24, 2.45) is 5.92 Å². The van der Waals surface area contributed by atoms with Crippen molar-refractivity contribution in [3.63, 3.8) is 0 Å². The number of aromatic nitrogens is 1. The third-order valence-electron chi connectivity index (χ3n) is 7.72. The van der Waals surface area contributed by atoms with Gasteiger partial charge in [0, 0.05) is 18.8 Å². The Labute approximate surface area is 204 Å². The molecular formula is C27H44N4O3. The van der Waals surface area contributed by atoms with Crippen LogP contribution in [0, 0.1) is 5.92 Å². The summed E-state index contributed by atoms with van der Waals surface area (Å²) in [6.45, 7) is 1.64. The van der Waals surface area contributed by atoms with Gasteiger partial charge in [0.1, 0.15) is 11.9 Å². The van der Waals surface area contributed by atoms with Crippen molar-refractivity contribution in [2.45, 2.75) is 108 Å². The maximum atomic E-state index is 12.1. The third kappa shape index (κ3) is 7.97. The summed E-state index contributed by atoms with van der Waals surface area (Å²) in [6.07, 6.45) is 19.4. The average Bonchev–Trinajstić information content (AvgIpc) is 3.21. The normalized spacial score (nSPS) is 22.4. The summed E-state index contributed by atoms with van der Waals surface area (Å²) in [7, 11) is 0. The molecule has 1 aliphatic heterocycles. The van der Waals surface area contributed by atoms with Gasteiger partial charge < -0.3 is 16.2 Å². The molecule has 1 aromatic rings. The quantitative estimate of drug-likeness (QED) is 0.310. The highest BCUT2D eigenvalue weighted by atomic mass is 16.4. The van der Waals surface area contributed by atoms with Crippen LogP contribution in [0.1, 0.15) is 107 Å². The standard InChI is InChI=1S/C27H44N4O3/c28-25-22(15-13-18-29-25)26(32)30-17-11-7-5-3-1-2-4-6-8-12-19-31-23-16-10-9-14-21(23)20-24(31)27(33)34/h13,15,18,21,23-24H,1-12,14,16-17,19-20H2,(H2,28,29)(H,30,32)(H,33,34)/t21-,23-,24-/m0/s1. The maximum Gasteiger partial charge on any atom is 0.320 e. The molecule has 7 nitrogen and oxygen atoms in total. The summed E-state index contributed by atoms with van der Waals surface area (Å²) in [6, 6.07) is 3.70. The number of nitrogens with two attached hydrogens (primary N) is 1. The number of aliphatic carboxylic acids is 1. The van der Waals surface area contributed by atoms with E-state index in [2.05, 4.69) is 15.2 Å². The van der Waals surface area contributed by atoms with Crippen molar-refractivity contribution in [3.05, 3.63) is 23.9 Å². The number of hydrogen-bond donors (Lipinski definition) is 3. The molecule has 1 aromatic heterocycles. The number of nitrogens with zero attached hydrogens (tertiary/aromatic N) is 2. The molecule has 34 heavy (non-hydrogen) atoms. The Morgan fingerprint density at radius 1 is 1.00 bits per heavy atom. The maximum absolute atomic E-state index is 12.1. The zero-order valence-corrected chi connectivity index (χ0v) is 20.7. The predicted octanol–water partition coefficient (Wildman–Crippen LogP) is 5.01. The van der Waals surface area contributed by atoms with Gasteiger partial charge in [0.05, 0.1) is 5.56 Å². The Hall–Kier alpha value is -2.15. The summed E-state index contributed by atoms with van der Waals surface area (Å²) in [5, 5.41) is 12.6. The molecule has 2 aliphatic rings. The molecule has 1 amide bonds. The number of fused-ring (bicyclic) bond motifs is 1. The first-order valence-corrected chi connectivity index (χ1v) is 13.5. The van der Waals surface area contributed by atoms with Crippen LogP contribution in [0.3, 0.4) is 0 Å². The lowest BCUT2D eigenvalue weighted by Gasteiger charge is -2.33. The molecule has 0 spiro atoms. The number of anilines is 1. The lowest BCUT2D eigenvalue weighted by Crippen LogP contribution is -2.42. The van der Waals surface area contributed by atoms with Crippen LogP contribution in [0.4, 0.5) is 5.82 Å².